The van der Waals surface area contributed by atoms with Crippen molar-refractivity contribution in [3.63, 3.8) is 0 Å². The number of rotatable bonds is 4. The van der Waals surface area contributed by atoms with Gasteiger partial charge in [-0.2, -0.15) is 0 Å². The minimum absolute atomic E-state index is 0.0985. The highest BCUT2D eigenvalue weighted by Gasteiger charge is 2.27. The number of aryl methyl sites for hydroxylation is 2. The fourth-order valence-corrected chi connectivity index (χ4v) is 4.94. The van der Waals surface area contributed by atoms with E-state index in [2.05, 4.69) is 15.3 Å². The van der Waals surface area contributed by atoms with Crippen molar-refractivity contribution in [3.05, 3.63) is 56.8 Å². The average molecular weight is 399 g/mol. The van der Waals surface area contributed by atoms with Crippen LogP contribution in [0.3, 0.4) is 0 Å². The Morgan fingerprint density at radius 3 is 2.89 bits per heavy atom. The van der Waals surface area contributed by atoms with Crippen LogP contribution in [0.15, 0.2) is 45.7 Å². The van der Waals surface area contributed by atoms with Crippen LogP contribution in [0.5, 0.6) is 0 Å². The number of carbonyl (C=O) groups is 1. The van der Waals surface area contributed by atoms with Gasteiger partial charge in [-0.3, -0.25) is 14.2 Å². The first-order valence-electron chi connectivity index (χ1n) is 8.55. The molecule has 1 aliphatic rings. The van der Waals surface area contributed by atoms with Gasteiger partial charge in [0.25, 0.3) is 5.56 Å². The molecule has 1 N–H and O–H groups in total. The van der Waals surface area contributed by atoms with Gasteiger partial charge in [-0.15, -0.1) is 11.3 Å². The van der Waals surface area contributed by atoms with E-state index in [9.17, 15) is 9.59 Å². The number of aromatic nitrogens is 3. The molecule has 0 radical (unpaired) electrons. The van der Waals surface area contributed by atoms with Gasteiger partial charge < -0.3 is 5.32 Å². The van der Waals surface area contributed by atoms with E-state index in [-0.39, 0.29) is 23.9 Å². The Bertz CT molecular complexity index is 1070. The maximum Gasteiger partial charge on any atom is 0.254 e. The van der Waals surface area contributed by atoms with Crippen molar-refractivity contribution in [2.75, 3.05) is 11.1 Å². The lowest BCUT2D eigenvalue weighted by atomic mass is 10.1. The van der Waals surface area contributed by atoms with Crippen LogP contribution >= 0.6 is 23.1 Å². The first-order chi connectivity index (χ1) is 13.0. The number of benzene rings is 1. The van der Waals surface area contributed by atoms with Crippen LogP contribution in [-0.2, 0) is 4.79 Å². The predicted molar refractivity (Wildman–Crippen MR) is 109 cm³/mol. The Hall–Kier alpha value is -2.45. The zero-order valence-corrected chi connectivity index (χ0v) is 16.6. The second kappa shape index (κ2) is 7.28. The highest BCUT2D eigenvalue weighted by molar-refractivity contribution is 7.99. The Labute approximate surface area is 164 Å². The lowest BCUT2D eigenvalue weighted by molar-refractivity contribution is -0.116. The van der Waals surface area contributed by atoms with Crippen molar-refractivity contribution in [1.82, 2.24) is 14.5 Å². The third-order valence-corrected chi connectivity index (χ3v) is 6.21. The zero-order valence-electron chi connectivity index (χ0n) is 14.9. The standard InChI is InChI=1S/C19H18N4O2S2/c1-11-7-18(25)23-13(9-27-19(23)20-11)8-17(24)22-15-6-4-3-5-14(15)16-10-26-12(2)21-16/h3-7,10,13H,8-9H2,1-2H3,(H,22,24). The highest BCUT2D eigenvalue weighted by Crippen LogP contribution is 2.33. The molecule has 1 atom stereocenters. The van der Waals surface area contributed by atoms with Crippen molar-refractivity contribution in [1.29, 1.82) is 0 Å². The summed E-state index contributed by atoms with van der Waals surface area (Å²) in [5, 5.41) is 6.64. The maximum atomic E-state index is 12.7. The topological polar surface area (TPSA) is 76.9 Å². The van der Waals surface area contributed by atoms with Gasteiger partial charge in [0.05, 0.1) is 22.4 Å². The number of thioether (sulfide) groups is 1. The minimum Gasteiger partial charge on any atom is -0.325 e. The number of amides is 1. The van der Waals surface area contributed by atoms with E-state index >= 15 is 0 Å². The summed E-state index contributed by atoms with van der Waals surface area (Å²) < 4.78 is 1.63. The first-order valence-corrected chi connectivity index (χ1v) is 10.4. The Kier molecular flexibility index (Phi) is 4.84. The molecular weight excluding hydrogens is 380 g/mol. The van der Waals surface area contributed by atoms with Gasteiger partial charge in [0, 0.05) is 34.9 Å². The second-order valence-electron chi connectivity index (χ2n) is 6.40. The molecule has 27 heavy (non-hydrogen) atoms. The van der Waals surface area contributed by atoms with Gasteiger partial charge >= 0.3 is 0 Å². The maximum absolute atomic E-state index is 12.7. The molecule has 0 spiro atoms. The molecule has 1 aromatic carbocycles. The molecule has 3 aromatic rings. The molecule has 0 fully saturated rings. The fourth-order valence-electron chi connectivity index (χ4n) is 3.13. The average Bonchev–Trinajstić information content (AvgIpc) is 3.22. The molecule has 8 heteroatoms. The zero-order chi connectivity index (χ0) is 19.0. The largest absolute Gasteiger partial charge is 0.325 e. The minimum atomic E-state index is -0.181. The van der Waals surface area contributed by atoms with Crippen LogP contribution in [-0.4, -0.2) is 26.2 Å². The molecule has 0 saturated carbocycles. The van der Waals surface area contributed by atoms with Gasteiger partial charge in [0.1, 0.15) is 0 Å². The number of nitrogens with one attached hydrogen (secondary N) is 1. The Morgan fingerprint density at radius 2 is 2.11 bits per heavy atom. The third-order valence-electron chi connectivity index (χ3n) is 4.33. The molecule has 1 unspecified atom stereocenters. The second-order valence-corrected chi connectivity index (χ2v) is 8.45. The van der Waals surface area contributed by atoms with E-state index in [1.807, 2.05) is 36.6 Å². The van der Waals surface area contributed by atoms with Gasteiger partial charge in [-0.25, -0.2) is 9.97 Å². The van der Waals surface area contributed by atoms with Crippen LogP contribution in [0.25, 0.3) is 11.3 Å². The van der Waals surface area contributed by atoms with Crippen molar-refractivity contribution >= 4 is 34.7 Å². The fraction of sp³-hybridized carbons (Fsp3) is 0.263. The van der Waals surface area contributed by atoms with Crippen LogP contribution in [0.1, 0.15) is 23.2 Å². The SMILES string of the molecule is Cc1cc(=O)n2c(n1)SCC2CC(=O)Nc1ccccc1-c1csc(C)n1. The van der Waals surface area contributed by atoms with E-state index in [0.29, 0.717) is 16.6 Å². The van der Waals surface area contributed by atoms with E-state index in [0.717, 1.165) is 22.0 Å². The molecule has 0 aliphatic carbocycles. The lowest BCUT2D eigenvalue weighted by Gasteiger charge is -2.14. The van der Waals surface area contributed by atoms with Gasteiger partial charge in [-0.05, 0) is 19.9 Å². The summed E-state index contributed by atoms with van der Waals surface area (Å²) in [4.78, 5) is 33.9. The van der Waals surface area contributed by atoms with E-state index < -0.39 is 0 Å². The number of para-hydroxylation sites is 1. The molecular formula is C19H18N4O2S2. The van der Waals surface area contributed by atoms with E-state index in [4.69, 9.17) is 0 Å². The summed E-state index contributed by atoms with van der Waals surface area (Å²) in [6, 6.07) is 8.96. The number of nitrogens with zero attached hydrogens (tertiary/aromatic N) is 3. The number of anilines is 1. The Morgan fingerprint density at radius 1 is 1.30 bits per heavy atom. The molecule has 6 nitrogen and oxygen atoms in total. The third kappa shape index (κ3) is 3.68. The number of fused-ring (bicyclic) bond motifs is 1. The summed E-state index contributed by atoms with van der Waals surface area (Å²) in [7, 11) is 0. The number of hydrogen-bond acceptors (Lipinski definition) is 6. The molecule has 0 saturated heterocycles. The molecule has 2 aromatic heterocycles. The molecule has 4 rings (SSSR count). The van der Waals surface area contributed by atoms with Crippen LogP contribution in [0.4, 0.5) is 5.69 Å². The number of thiazole rings is 1. The van der Waals surface area contributed by atoms with Crippen molar-refractivity contribution in [2.24, 2.45) is 0 Å². The van der Waals surface area contributed by atoms with Crippen molar-refractivity contribution in [3.8, 4) is 11.3 Å². The quantitative estimate of drug-likeness (QED) is 0.679. The number of hydrogen-bond donors (Lipinski definition) is 1. The summed E-state index contributed by atoms with van der Waals surface area (Å²) in [6.07, 6.45) is 0.231. The summed E-state index contributed by atoms with van der Waals surface area (Å²) in [5.41, 5.74) is 3.08. The van der Waals surface area contributed by atoms with Crippen LogP contribution < -0.4 is 10.9 Å². The molecule has 1 amide bonds. The molecule has 138 valence electrons. The molecule has 1 aliphatic heterocycles. The lowest BCUT2D eigenvalue weighted by Crippen LogP contribution is -2.27. The first kappa shape index (κ1) is 17.9. The summed E-state index contributed by atoms with van der Waals surface area (Å²) in [5.74, 6) is 0.548. The summed E-state index contributed by atoms with van der Waals surface area (Å²) >= 11 is 3.10. The van der Waals surface area contributed by atoms with Gasteiger partial charge in [0.2, 0.25) is 5.91 Å². The smallest absolute Gasteiger partial charge is 0.254 e. The monoisotopic (exact) mass is 398 g/mol. The van der Waals surface area contributed by atoms with E-state index in [1.54, 1.807) is 22.8 Å². The highest BCUT2D eigenvalue weighted by atomic mass is 32.2. The predicted octanol–water partition coefficient (Wildman–Crippen LogP) is 3.66. The number of carbonyl (C=O) groups excluding carboxylic acids is 1. The van der Waals surface area contributed by atoms with Crippen molar-refractivity contribution in [2.45, 2.75) is 31.5 Å². The van der Waals surface area contributed by atoms with Crippen LogP contribution in [0, 0.1) is 13.8 Å². The van der Waals surface area contributed by atoms with E-state index in [1.165, 1.54) is 17.8 Å². The normalized spacial score (nSPS) is 15.6. The van der Waals surface area contributed by atoms with Crippen LogP contribution in [0.2, 0.25) is 0 Å². The van der Waals surface area contributed by atoms with Crippen molar-refractivity contribution < 1.29 is 4.79 Å². The Balaban J connectivity index is 1.53. The molecule has 3 heterocycles. The van der Waals surface area contributed by atoms with Gasteiger partial charge in [0.15, 0.2) is 5.16 Å². The summed E-state index contributed by atoms with van der Waals surface area (Å²) in [6.45, 7) is 3.76. The van der Waals surface area contributed by atoms with Gasteiger partial charge in [-0.1, -0.05) is 30.0 Å². The molecule has 0 bridgehead atoms.